The Balaban J connectivity index is 1.26. The molecule has 1 aromatic heterocycles. The van der Waals surface area contributed by atoms with Crippen molar-refractivity contribution < 1.29 is 4.79 Å². The van der Waals surface area contributed by atoms with Crippen LogP contribution in [0, 0.1) is 0 Å². The fourth-order valence-corrected chi connectivity index (χ4v) is 4.11. The molecular weight excluding hydrogens is 348 g/mol. The van der Waals surface area contributed by atoms with Crippen molar-refractivity contribution in [1.29, 1.82) is 0 Å². The van der Waals surface area contributed by atoms with Crippen molar-refractivity contribution in [1.82, 2.24) is 30.0 Å². The molecule has 1 saturated carbocycles. The van der Waals surface area contributed by atoms with E-state index in [1.807, 2.05) is 15.6 Å². The van der Waals surface area contributed by atoms with Crippen LogP contribution in [0.2, 0.25) is 0 Å². The predicted octanol–water partition coefficient (Wildman–Crippen LogP) is 1.83. The van der Waals surface area contributed by atoms with Crippen molar-refractivity contribution in [3.8, 4) is 0 Å². The highest BCUT2D eigenvalue weighted by Crippen LogP contribution is 2.36. The van der Waals surface area contributed by atoms with Gasteiger partial charge in [-0.15, -0.1) is 5.10 Å². The van der Waals surface area contributed by atoms with Gasteiger partial charge in [0.15, 0.2) is 0 Å². The Morgan fingerprint density at radius 2 is 1.96 bits per heavy atom. The van der Waals surface area contributed by atoms with Crippen molar-refractivity contribution in [3.63, 3.8) is 0 Å². The van der Waals surface area contributed by atoms with Gasteiger partial charge in [-0.25, -0.2) is 4.68 Å². The summed E-state index contributed by atoms with van der Waals surface area (Å²) >= 11 is 1.46. The second kappa shape index (κ2) is 8.18. The first kappa shape index (κ1) is 17.5. The summed E-state index contributed by atoms with van der Waals surface area (Å²) in [5.74, 6) is 0.591. The van der Waals surface area contributed by atoms with Gasteiger partial charge in [-0.05, 0) is 35.3 Å². The first-order chi connectivity index (χ1) is 12.8. The van der Waals surface area contributed by atoms with Gasteiger partial charge in [0, 0.05) is 32.7 Å². The average Bonchev–Trinajstić information content (AvgIpc) is 3.44. The van der Waals surface area contributed by atoms with Gasteiger partial charge < -0.3 is 4.90 Å². The lowest BCUT2D eigenvalue weighted by Gasteiger charge is -2.22. The third-order valence-corrected chi connectivity index (χ3v) is 5.79. The minimum atomic E-state index is 0.182. The molecule has 1 amide bonds. The smallest absolute Gasteiger partial charge is 0.233 e. The molecule has 2 heterocycles. The van der Waals surface area contributed by atoms with Crippen LogP contribution in [0.25, 0.3) is 0 Å². The highest BCUT2D eigenvalue weighted by Gasteiger charge is 2.28. The molecular formula is C18H24N6OS. The number of benzene rings is 1. The molecule has 0 bridgehead atoms. The van der Waals surface area contributed by atoms with E-state index in [0.717, 1.165) is 57.1 Å². The Hall–Kier alpha value is -1.93. The number of amides is 1. The van der Waals surface area contributed by atoms with Crippen molar-refractivity contribution in [2.45, 2.75) is 37.0 Å². The quantitative estimate of drug-likeness (QED) is 0.721. The molecule has 2 aromatic rings. The third-order valence-electron chi connectivity index (χ3n) is 4.87. The molecule has 4 rings (SSSR count). The first-order valence-electron chi connectivity index (χ1n) is 9.24. The van der Waals surface area contributed by atoms with Gasteiger partial charge in [0.2, 0.25) is 11.1 Å². The highest BCUT2D eigenvalue weighted by molar-refractivity contribution is 7.99. The molecule has 26 heavy (non-hydrogen) atoms. The Morgan fingerprint density at radius 3 is 2.77 bits per heavy atom. The summed E-state index contributed by atoms with van der Waals surface area (Å²) in [6.07, 6.45) is 3.29. The summed E-state index contributed by atoms with van der Waals surface area (Å²) in [6.45, 7) is 4.53. The summed E-state index contributed by atoms with van der Waals surface area (Å²) in [5.41, 5.74) is 1.33. The van der Waals surface area contributed by atoms with Crippen LogP contribution in [-0.2, 0) is 11.3 Å². The molecule has 0 spiro atoms. The fourth-order valence-electron chi connectivity index (χ4n) is 3.27. The van der Waals surface area contributed by atoms with E-state index >= 15 is 0 Å². The van der Waals surface area contributed by atoms with E-state index in [9.17, 15) is 4.79 Å². The van der Waals surface area contributed by atoms with E-state index in [-0.39, 0.29) is 5.91 Å². The SMILES string of the molecule is O=C(CSc1nnnn1C1CC1)N1CCCN(Cc2ccccc2)CC1. The second-order valence-corrected chi connectivity index (χ2v) is 7.86. The standard InChI is InChI=1S/C18H24N6OS/c25-17(14-26-18-19-20-21-24(18)16-7-8-16)23-10-4-9-22(11-12-23)13-15-5-2-1-3-6-15/h1-3,5-6,16H,4,7-14H2. The van der Waals surface area contributed by atoms with Gasteiger partial charge in [-0.2, -0.15) is 0 Å². The number of aromatic nitrogens is 4. The zero-order valence-corrected chi connectivity index (χ0v) is 15.6. The lowest BCUT2D eigenvalue weighted by atomic mass is 10.2. The molecule has 2 fully saturated rings. The normalized spacial score (nSPS) is 18.7. The minimum absolute atomic E-state index is 0.182. The first-order valence-corrected chi connectivity index (χ1v) is 10.2. The number of nitrogens with zero attached hydrogens (tertiary/aromatic N) is 6. The van der Waals surface area contributed by atoms with Gasteiger partial charge in [0.05, 0.1) is 11.8 Å². The van der Waals surface area contributed by atoms with Crippen LogP contribution in [0.5, 0.6) is 0 Å². The number of tetrazole rings is 1. The summed E-state index contributed by atoms with van der Waals surface area (Å²) in [6, 6.07) is 11.0. The lowest BCUT2D eigenvalue weighted by Crippen LogP contribution is -2.36. The van der Waals surface area contributed by atoms with E-state index in [4.69, 9.17) is 0 Å². The Bertz CT molecular complexity index is 732. The molecule has 7 nitrogen and oxygen atoms in total. The van der Waals surface area contributed by atoms with Crippen LogP contribution in [0.1, 0.15) is 30.9 Å². The molecule has 8 heteroatoms. The van der Waals surface area contributed by atoms with Crippen molar-refractivity contribution >= 4 is 17.7 Å². The summed E-state index contributed by atoms with van der Waals surface area (Å²) in [5, 5.41) is 12.6. The van der Waals surface area contributed by atoms with E-state index < -0.39 is 0 Å². The van der Waals surface area contributed by atoms with Crippen LogP contribution < -0.4 is 0 Å². The molecule has 1 aromatic carbocycles. The van der Waals surface area contributed by atoms with Crippen LogP contribution in [-0.4, -0.2) is 67.8 Å². The number of rotatable bonds is 6. The monoisotopic (exact) mass is 372 g/mol. The van der Waals surface area contributed by atoms with E-state index in [0.29, 0.717) is 11.8 Å². The number of hydrogen-bond acceptors (Lipinski definition) is 6. The molecule has 2 aliphatic rings. The maximum atomic E-state index is 12.6. The van der Waals surface area contributed by atoms with Gasteiger partial charge in [0.25, 0.3) is 0 Å². The minimum Gasteiger partial charge on any atom is -0.341 e. The lowest BCUT2D eigenvalue weighted by molar-refractivity contribution is -0.128. The maximum absolute atomic E-state index is 12.6. The van der Waals surface area contributed by atoms with Gasteiger partial charge in [-0.3, -0.25) is 9.69 Å². The average molecular weight is 372 g/mol. The number of carbonyl (C=O) groups excluding carboxylic acids is 1. The van der Waals surface area contributed by atoms with Crippen LogP contribution in [0.3, 0.4) is 0 Å². The zero-order valence-electron chi connectivity index (χ0n) is 14.8. The zero-order chi connectivity index (χ0) is 17.8. The molecule has 0 atom stereocenters. The fraction of sp³-hybridized carbons (Fsp3) is 0.556. The van der Waals surface area contributed by atoms with Crippen LogP contribution in [0.15, 0.2) is 35.5 Å². The van der Waals surface area contributed by atoms with Crippen molar-refractivity contribution in [2.75, 3.05) is 31.9 Å². The van der Waals surface area contributed by atoms with Gasteiger partial charge >= 0.3 is 0 Å². The molecule has 1 saturated heterocycles. The molecule has 0 radical (unpaired) electrons. The number of carbonyl (C=O) groups is 1. The van der Waals surface area contributed by atoms with Crippen molar-refractivity contribution in [2.24, 2.45) is 0 Å². The van der Waals surface area contributed by atoms with E-state index in [2.05, 4.69) is 44.7 Å². The summed E-state index contributed by atoms with van der Waals surface area (Å²) in [4.78, 5) is 17.0. The predicted molar refractivity (Wildman–Crippen MR) is 99.7 cm³/mol. The molecule has 0 N–H and O–H groups in total. The summed E-state index contributed by atoms with van der Waals surface area (Å²) < 4.78 is 1.86. The number of hydrogen-bond donors (Lipinski definition) is 0. The molecule has 138 valence electrons. The van der Waals surface area contributed by atoms with Crippen LogP contribution in [0.4, 0.5) is 0 Å². The highest BCUT2D eigenvalue weighted by atomic mass is 32.2. The molecule has 1 aliphatic heterocycles. The molecule has 1 aliphatic carbocycles. The van der Waals surface area contributed by atoms with E-state index in [1.54, 1.807) is 0 Å². The maximum Gasteiger partial charge on any atom is 0.233 e. The third kappa shape index (κ3) is 4.42. The summed E-state index contributed by atoms with van der Waals surface area (Å²) in [7, 11) is 0. The van der Waals surface area contributed by atoms with Gasteiger partial charge in [0.1, 0.15) is 0 Å². The van der Waals surface area contributed by atoms with Gasteiger partial charge in [-0.1, -0.05) is 42.1 Å². The van der Waals surface area contributed by atoms with E-state index in [1.165, 1.54) is 17.3 Å². The Morgan fingerprint density at radius 1 is 1.12 bits per heavy atom. The Labute approximate surface area is 157 Å². The second-order valence-electron chi connectivity index (χ2n) is 6.92. The van der Waals surface area contributed by atoms with Crippen molar-refractivity contribution in [3.05, 3.63) is 35.9 Å². The Kier molecular flexibility index (Phi) is 5.50. The topological polar surface area (TPSA) is 67.2 Å². The largest absolute Gasteiger partial charge is 0.341 e. The molecule has 0 unspecified atom stereocenters. The number of thioether (sulfide) groups is 1. The van der Waals surface area contributed by atoms with Crippen LogP contribution >= 0.6 is 11.8 Å².